The van der Waals surface area contributed by atoms with Gasteiger partial charge in [0.25, 0.3) is 0 Å². The van der Waals surface area contributed by atoms with E-state index in [1.54, 1.807) is 6.20 Å². The molecule has 1 fully saturated rings. The van der Waals surface area contributed by atoms with Gasteiger partial charge in [-0.25, -0.2) is 9.97 Å². The van der Waals surface area contributed by atoms with Gasteiger partial charge in [0.2, 0.25) is 5.91 Å². The third kappa shape index (κ3) is 4.04. The molecule has 22 heavy (non-hydrogen) atoms. The third-order valence-corrected chi connectivity index (χ3v) is 4.57. The van der Waals surface area contributed by atoms with Crippen molar-refractivity contribution in [2.75, 3.05) is 5.32 Å². The Balaban J connectivity index is 1.55. The van der Waals surface area contributed by atoms with E-state index in [4.69, 9.17) is 0 Å². The summed E-state index contributed by atoms with van der Waals surface area (Å²) in [5.74, 6) is 0.841. The van der Waals surface area contributed by atoms with Gasteiger partial charge in [0.05, 0.1) is 12.1 Å². The van der Waals surface area contributed by atoms with E-state index in [1.165, 1.54) is 24.2 Å². The fraction of sp³-hybridized carbons (Fsp3) is 0.438. The molecule has 3 rings (SSSR count). The summed E-state index contributed by atoms with van der Waals surface area (Å²) in [7, 11) is 0. The predicted octanol–water partition coefficient (Wildman–Crippen LogP) is 3.19. The third-order valence-electron chi connectivity index (χ3n) is 3.76. The number of carbonyl (C=O) groups excluding carboxylic acids is 1. The molecule has 116 valence electrons. The molecule has 0 radical (unpaired) electrons. The molecule has 0 bridgehead atoms. The maximum Gasteiger partial charge on any atom is 0.226 e. The van der Waals surface area contributed by atoms with Crippen LogP contribution in [0.15, 0.2) is 23.7 Å². The number of nitrogens with zero attached hydrogens (tertiary/aromatic N) is 2. The first-order valence-electron chi connectivity index (χ1n) is 7.62. The number of aryl methyl sites for hydroxylation is 1. The van der Waals surface area contributed by atoms with E-state index in [0.717, 1.165) is 35.0 Å². The van der Waals surface area contributed by atoms with E-state index < -0.39 is 0 Å². The topological polar surface area (TPSA) is 66.9 Å². The number of thiazole rings is 1. The van der Waals surface area contributed by atoms with E-state index >= 15 is 0 Å². The van der Waals surface area contributed by atoms with Gasteiger partial charge in [-0.3, -0.25) is 4.79 Å². The summed E-state index contributed by atoms with van der Waals surface area (Å²) in [6.45, 7) is 2.02. The number of carbonyl (C=O) groups is 1. The molecule has 2 aromatic heterocycles. The average molecular weight is 316 g/mol. The molecule has 0 saturated heterocycles. The highest BCUT2D eigenvalue weighted by Crippen LogP contribution is 2.21. The predicted molar refractivity (Wildman–Crippen MR) is 88.5 cm³/mol. The first-order valence-corrected chi connectivity index (χ1v) is 8.50. The van der Waals surface area contributed by atoms with Gasteiger partial charge in [0, 0.05) is 17.6 Å². The van der Waals surface area contributed by atoms with Crippen molar-refractivity contribution in [3.05, 3.63) is 35.0 Å². The van der Waals surface area contributed by atoms with Gasteiger partial charge in [-0.2, -0.15) is 0 Å². The number of hydrogen-bond acceptors (Lipinski definition) is 5. The molecule has 0 spiro atoms. The lowest BCUT2D eigenvalue weighted by atomic mass is 10.2. The molecule has 2 heterocycles. The standard InChI is InChI=1S/C16H20N4OS/c1-11-6-7-17-14(8-11)20-16-19-13(10-22-16)9-15(21)18-12-4-2-3-5-12/h6-8,10,12H,2-5,9H2,1H3,(H,18,21)(H,17,19,20). The van der Waals surface area contributed by atoms with Crippen LogP contribution in [-0.4, -0.2) is 21.9 Å². The number of aromatic nitrogens is 2. The van der Waals surface area contributed by atoms with Crippen LogP contribution in [0, 0.1) is 6.92 Å². The van der Waals surface area contributed by atoms with Crippen LogP contribution in [-0.2, 0) is 11.2 Å². The summed E-state index contributed by atoms with van der Waals surface area (Å²) in [4.78, 5) is 20.7. The van der Waals surface area contributed by atoms with Crippen LogP contribution >= 0.6 is 11.3 Å². The van der Waals surface area contributed by atoms with Crippen LogP contribution in [0.3, 0.4) is 0 Å². The van der Waals surface area contributed by atoms with Gasteiger partial charge in [0.15, 0.2) is 5.13 Å². The fourth-order valence-corrected chi connectivity index (χ4v) is 3.39. The normalized spacial score (nSPS) is 15.0. The van der Waals surface area contributed by atoms with Crippen molar-refractivity contribution in [3.63, 3.8) is 0 Å². The van der Waals surface area contributed by atoms with Gasteiger partial charge in [0.1, 0.15) is 5.82 Å². The molecule has 2 N–H and O–H groups in total. The van der Waals surface area contributed by atoms with Gasteiger partial charge >= 0.3 is 0 Å². The Labute approximate surface area is 134 Å². The highest BCUT2D eigenvalue weighted by Gasteiger charge is 2.17. The first kappa shape index (κ1) is 15.0. The molecule has 0 atom stereocenters. The molecule has 0 aliphatic heterocycles. The maximum absolute atomic E-state index is 12.0. The Morgan fingerprint density at radius 3 is 3.00 bits per heavy atom. The quantitative estimate of drug-likeness (QED) is 0.889. The summed E-state index contributed by atoms with van der Waals surface area (Å²) in [5, 5.41) is 8.95. The molecule has 0 unspecified atom stereocenters. The second kappa shape index (κ2) is 6.87. The lowest BCUT2D eigenvalue weighted by Gasteiger charge is -2.10. The number of hydrogen-bond donors (Lipinski definition) is 2. The van der Waals surface area contributed by atoms with E-state index in [0.29, 0.717) is 12.5 Å². The molecular weight excluding hydrogens is 296 g/mol. The number of pyridine rings is 1. The Morgan fingerprint density at radius 1 is 1.41 bits per heavy atom. The monoisotopic (exact) mass is 316 g/mol. The van der Waals surface area contributed by atoms with Crippen LogP contribution in [0.1, 0.15) is 36.9 Å². The summed E-state index contributed by atoms with van der Waals surface area (Å²) >= 11 is 1.49. The molecule has 1 saturated carbocycles. The van der Waals surface area contributed by atoms with Crippen molar-refractivity contribution in [3.8, 4) is 0 Å². The van der Waals surface area contributed by atoms with Crippen molar-refractivity contribution in [1.82, 2.24) is 15.3 Å². The Morgan fingerprint density at radius 2 is 2.23 bits per heavy atom. The highest BCUT2D eigenvalue weighted by molar-refractivity contribution is 7.13. The number of nitrogens with one attached hydrogen (secondary N) is 2. The first-order chi connectivity index (χ1) is 10.7. The Bertz CT molecular complexity index is 649. The Kier molecular flexibility index (Phi) is 4.68. The average Bonchev–Trinajstić information content (AvgIpc) is 3.11. The van der Waals surface area contributed by atoms with Crippen molar-refractivity contribution in [2.24, 2.45) is 0 Å². The minimum absolute atomic E-state index is 0.0671. The zero-order valence-corrected chi connectivity index (χ0v) is 13.4. The second-order valence-corrected chi connectivity index (χ2v) is 6.57. The minimum Gasteiger partial charge on any atom is -0.353 e. The number of anilines is 2. The number of amides is 1. The van der Waals surface area contributed by atoms with E-state index in [9.17, 15) is 4.79 Å². The molecule has 1 aliphatic rings. The highest BCUT2D eigenvalue weighted by atomic mass is 32.1. The van der Waals surface area contributed by atoms with Gasteiger partial charge < -0.3 is 10.6 Å². The zero-order chi connectivity index (χ0) is 15.4. The Hall–Kier alpha value is -1.95. The summed E-state index contributed by atoms with van der Waals surface area (Å²) in [6, 6.07) is 4.28. The molecular formula is C16H20N4OS. The van der Waals surface area contributed by atoms with Crippen molar-refractivity contribution in [1.29, 1.82) is 0 Å². The van der Waals surface area contributed by atoms with E-state index in [1.807, 2.05) is 24.4 Å². The van der Waals surface area contributed by atoms with Gasteiger partial charge in [-0.05, 0) is 37.5 Å². The number of rotatable bonds is 5. The molecule has 2 aromatic rings. The SMILES string of the molecule is Cc1ccnc(Nc2nc(CC(=O)NC3CCCC3)cs2)c1. The molecule has 0 aromatic carbocycles. The van der Waals surface area contributed by atoms with Gasteiger partial charge in [-0.1, -0.05) is 12.8 Å². The molecule has 6 heteroatoms. The smallest absolute Gasteiger partial charge is 0.226 e. The zero-order valence-electron chi connectivity index (χ0n) is 12.6. The summed E-state index contributed by atoms with van der Waals surface area (Å²) in [5.41, 5.74) is 1.95. The lowest BCUT2D eigenvalue weighted by molar-refractivity contribution is -0.121. The second-order valence-electron chi connectivity index (χ2n) is 5.71. The molecule has 1 aliphatic carbocycles. The van der Waals surface area contributed by atoms with E-state index in [2.05, 4.69) is 20.6 Å². The maximum atomic E-state index is 12.0. The van der Waals surface area contributed by atoms with Crippen LogP contribution < -0.4 is 10.6 Å². The molecule has 5 nitrogen and oxygen atoms in total. The van der Waals surface area contributed by atoms with Crippen molar-refractivity contribution >= 4 is 28.2 Å². The minimum atomic E-state index is 0.0671. The van der Waals surface area contributed by atoms with Gasteiger partial charge in [-0.15, -0.1) is 11.3 Å². The summed E-state index contributed by atoms with van der Waals surface area (Å²) < 4.78 is 0. The van der Waals surface area contributed by atoms with Crippen LogP contribution in [0.5, 0.6) is 0 Å². The lowest BCUT2D eigenvalue weighted by Crippen LogP contribution is -2.33. The largest absolute Gasteiger partial charge is 0.353 e. The van der Waals surface area contributed by atoms with Crippen molar-refractivity contribution in [2.45, 2.75) is 45.1 Å². The van der Waals surface area contributed by atoms with Crippen LogP contribution in [0.25, 0.3) is 0 Å². The van der Waals surface area contributed by atoms with Crippen LogP contribution in [0.4, 0.5) is 10.9 Å². The molecule has 1 amide bonds. The summed E-state index contributed by atoms with van der Waals surface area (Å²) in [6.07, 6.45) is 6.76. The van der Waals surface area contributed by atoms with Crippen molar-refractivity contribution < 1.29 is 4.79 Å². The fourth-order valence-electron chi connectivity index (χ4n) is 2.67. The van der Waals surface area contributed by atoms with Crippen LogP contribution in [0.2, 0.25) is 0 Å². The van der Waals surface area contributed by atoms with E-state index in [-0.39, 0.29) is 5.91 Å².